The Balaban J connectivity index is 1.52. The maximum absolute atomic E-state index is 13.4. The Labute approximate surface area is 263 Å². The van der Waals surface area contributed by atoms with Gasteiger partial charge in [-0.15, -0.1) is 5.10 Å². The second-order valence-corrected chi connectivity index (χ2v) is 11.8. The molecule has 3 rings (SSSR count). The van der Waals surface area contributed by atoms with Gasteiger partial charge in [0.2, 0.25) is 11.8 Å². The number of carboxylic acids is 1. The summed E-state index contributed by atoms with van der Waals surface area (Å²) in [5.41, 5.74) is 11.4. The molecule has 4 amide bonds. The average Bonchev–Trinajstić information content (AvgIpc) is 3.51. The van der Waals surface area contributed by atoms with Crippen LogP contribution in [0.1, 0.15) is 57.3 Å². The summed E-state index contributed by atoms with van der Waals surface area (Å²) in [5, 5.41) is 40.6. The average molecular weight is 639 g/mol. The third kappa shape index (κ3) is 9.32. The van der Waals surface area contributed by atoms with Crippen LogP contribution in [-0.2, 0) is 14.4 Å². The number of primary amides is 1. The first-order valence-electron chi connectivity index (χ1n) is 15.7. The summed E-state index contributed by atoms with van der Waals surface area (Å²) < 4.78 is 1.36. The Morgan fingerprint density at radius 2 is 1.53 bits per heavy atom. The predicted octanol–water partition coefficient (Wildman–Crippen LogP) is -2.20. The third-order valence-corrected chi connectivity index (χ3v) is 8.91. The van der Waals surface area contributed by atoms with E-state index in [4.69, 9.17) is 11.5 Å². The van der Waals surface area contributed by atoms with Crippen molar-refractivity contribution in [1.29, 1.82) is 0 Å². The van der Waals surface area contributed by atoms with E-state index in [1.165, 1.54) is 10.9 Å². The molecule has 5 atom stereocenters. The fraction of sp³-hybridized carbons (Fsp3) is 0.786. The number of aliphatic hydroxyl groups excluding tert-OH is 2. The van der Waals surface area contributed by atoms with Gasteiger partial charge in [0.25, 0.3) is 0 Å². The van der Waals surface area contributed by atoms with Gasteiger partial charge in [0.05, 0.1) is 25.5 Å². The summed E-state index contributed by atoms with van der Waals surface area (Å²) in [6, 6.07) is -3.39. The fourth-order valence-corrected chi connectivity index (χ4v) is 5.93. The van der Waals surface area contributed by atoms with Crippen molar-refractivity contribution >= 4 is 23.8 Å². The number of nitrogens with two attached hydrogens (primary N) is 2. The number of nitrogens with one attached hydrogen (secondary N) is 1. The maximum atomic E-state index is 13.4. The van der Waals surface area contributed by atoms with Crippen molar-refractivity contribution in [3.8, 4) is 0 Å². The first-order valence-corrected chi connectivity index (χ1v) is 15.7. The molecule has 1 aromatic heterocycles. The van der Waals surface area contributed by atoms with E-state index in [2.05, 4.69) is 15.6 Å². The van der Waals surface area contributed by atoms with Crippen molar-refractivity contribution in [3.63, 3.8) is 0 Å². The lowest BCUT2D eigenvalue weighted by Crippen LogP contribution is -2.61. The van der Waals surface area contributed by atoms with Gasteiger partial charge in [-0.05, 0) is 25.3 Å². The number of piperazine rings is 2. The topological polar surface area (TPSA) is 237 Å². The van der Waals surface area contributed by atoms with Gasteiger partial charge in [0.15, 0.2) is 0 Å². The molecule has 17 nitrogen and oxygen atoms in total. The van der Waals surface area contributed by atoms with Crippen LogP contribution in [0, 0.1) is 5.92 Å². The van der Waals surface area contributed by atoms with Gasteiger partial charge in [-0.2, -0.15) is 0 Å². The molecule has 17 heteroatoms. The number of carbonyl (C=O) groups excluding carboxylic acids is 3. The Morgan fingerprint density at radius 1 is 0.933 bits per heavy atom. The van der Waals surface area contributed by atoms with Crippen molar-refractivity contribution < 1.29 is 34.5 Å². The second kappa shape index (κ2) is 17.4. The Morgan fingerprint density at radius 3 is 2.04 bits per heavy atom. The van der Waals surface area contributed by atoms with Crippen molar-refractivity contribution in [2.24, 2.45) is 17.4 Å². The Bertz CT molecular complexity index is 1120. The zero-order valence-corrected chi connectivity index (χ0v) is 26.3. The quantitative estimate of drug-likeness (QED) is 0.106. The highest BCUT2D eigenvalue weighted by Gasteiger charge is 2.36. The zero-order valence-electron chi connectivity index (χ0n) is 26.3. The molecule has 3 heterocycles. The number of urea groups is 1. The minimum absolute atomic E-state index is 0.0874. The first kappa shape index (κ1) is 36.1. The third-order valence-electron chi connectivity index (χ3n) is 8.91. The molecule has 0 aliphatic carbocycles. The monoisotopic (exact) mass is 638 g/mol. The number of hydrogen-bond donors (Lipinski definition) is 6. The fourth-order valence-electron chi connectivity index (χ4n) is 5.93. The molecular formula is C28H50N10O7. The predicted molar refractivity (Wildman–Crippen MR) is 163 cm³/mol. The number of aliphatic hydroxyl groups is 2. The molecule has 0 bridgehead atoms. The van der Waals surface area contributed by atoms with Crippen molar-refractivity contribution in [2.75, 3.05) is 72.1 Å². The molecule has 2 aliphatic rings. The summed E-state index contributed by atoms with van der Waals surface area (Å²) >= 11 is 0. The number of unbranched alkanes of at least 4 members (excludes halogenated alkanes) is 1. The Hall–Kier alpha value is -3.38. The van der Waals surface area contributed by atoms with Gasteiger partial charge in [-0.25, -0.2) is 9.48 Å². The van der Waals surface area contributed by atoms with E-state index in [9.17, 15) is 34.5 Å². The number of aromatic nitrogens is 3. The molecule has 2 fully saturated rings. The van der Waals surface area contributed by atoms with Gasteiger partial charge < -0.3 is 41.9 Å². The number of rotatable bonds is 16. The molecule has 1 aromatic rings. The SMILES string of the molecule is CC[C@H](C)[C@@H](C(N)=O)n1cc([C@@H](CO)NC(=O)N2CCN([C@@H](CO)C(=O)N3CCN([C@@H](CCCCN)C(=O)O)CC3)CC2)nn1. The largest absolute Gasteiger partial charge is 0.480 e. The maximum Gasteiger partial charge on any atom is 0.320 e. The number of aliphatic carboxylic acids is 1. The van der Waals surface area contributed by atoms with E-state index in [0.29, 0.717) is 58.7 Å². The highest BCUT2D eigenvalue weighted by molar-refractivity contribution is 5.82. The van der Waals surface area contributed by atoms with Crippen LogP contribution in [0.15, 0.2) is 6.20 Å². The van der Waals surface area contributed by atoms with E-state index in [0.717, 1.165) is 12.8 Å². The minimum atomic E-state index is -0.878. The van der Waals surface area contributed by atoms with Crippen LogP contribution in [0.25, 0.3) is 0 Å². The summed E-state index contributed by atoms with van der Waals surface area (Å²) in [4.78, 5) is 57.2. The van der Waals surface area contributed by atoms with Crippen LogP contribution in [0.4, 0.5) is 4.79 Å². The first-order chi connectivity index (χ1) is 21.6. The van der Waals surface area contributed by atoms with E-state index < -0.39 is 48.7 Å². The number of nitrogens with zero attached hydrogens (tertiary/aromatic N) is 7. The molecule has 0 spiro atoms. The molecule has 0 aromatic carbocycles. The lowest BCUT2D eigenvalue weighted by atomic mass is 9.99. The van der Waals surface area contributed by atoms with E-state index in [-0.39, 0.29) is 37.2 Å². The van der Waals surface area contributed by atoms with Gasteiger partial charge in [-0.3, -0.25) is 24.2 Å². The Kier molecular flexibility index (Phi) is 13.9. The summed E-state index contributed by atoms with van der Waals surface area (Å²) in [5.74, 6) is -1.74. The number of carbonyl (C=O) groups is 4. The highest BCUT2D eigenvalue weighted by Crippen LogP contribution is 2.22. The van der Waals surface area contributed by atoms with Gasteiger partial charge >= 0.3 is 12.0 Å². The van der Waals surface area contributed by atoms with E-state index in [1.54, 1.807) is 9.80 Å². The van der Waals surface area contributed by atoms with Crippen LogP contribution in [-0.4, -0.2) is 158 Å². The minimum Gasteiger partial charge on any atom is -0.480 e. The van der Waals surface area contributed by atoms with Crippen molar-refractivity contribution in [2.45, 2.75) is 63.7 Å². The molecule has 2 aliphatic heterocycles. The van der Waals surface area contributed by atoms with Crippen molar-refractivity contribution in [3.05, 3.63) is 11.9 Å². The lowest BCUT2D eigenvalue weighted by Gasteiger charge is -2.42. The van der Waals surface area contributed by atoms with Gasteiger partial charge in [-0.1, -0.05) is 31.9 Å². The standard InChI is InChI=1S/C28H50N10O7/c1-3-19(2)24(25(30)41)38-16-20(32-33-38)21(17-39)31-28(45)37-14-10-35(11-15-37)23(18-40)26(42)36-12-8-34(9-13-36)22(27(43)44)6-4-5-7-29/h16,19,21-24,39-40H,3-15,17-18,29H2,1-2H3,(H2,30,41)(H,31,45)(H,43,44)/t19-,21+,22-,23-,24-/m0/s1. The zero-order chi connectivity index (χ0) is 33.1. The highest BCUT2D eigenvalue weighted by atomic mass is 16.4. The van der Waals surface area contributed by atoms with E-state index in [1.807, 2.05) is 23.6 Å². The smallest absolute Gasteiger partial charge is 0.320 e. The van der Waals surface area contributed by atoms with Gasteiger partial charge in [0, 0.05) is 52.4 Å². The number of hydrogen-bond acceptors (Lipinski definition) is 11. The summed E-state index contributed by atoms with van der Waals surface area (Å²) in [6.07, 6.45) is 4.18. The molecule has 0 radical (unpaired) electrons. The van der Waals surface area contributed by atoms with Crippen molar-refractivity contribution in [1.82, 2.24) is 39.9 Å². The van der Waals surface area contributed by atoms with Gasteiger partial charge in [0.1, 0.15) is 23.8 Å². The molecule has 254 valence electrons. The van der Waals surface area contributed by atoms with Crippen LogP contribution >= 0.6 is 0 Å². The van der Waals surface area contributed by atoms with Crippen LogP contribution in [0.3, 0.4) is 0 Å². The normalized spacial score (nSPS) is 19.8. The lowest BCUT2D eigenvalue weighted by molar-refractivity contribution is -0.146. The summed E-state index contributed by atoms with van der Waals surface area (Å²) in [6.45, 7) is 6.36. The molecule has 8 N–H and O–H groups in total. The molecular weight excluding hydrogens is 588 g/mol. The summed E-state index contributed by atoms with van der Waals surface area (Å²) in [7, 11) is 0. The molecule has 45 heavy (non-hydrogen) atoms. The number of carboxylic acid groups (broad SMARTS) is 1. The number of amides is 4. The molecule has 0 saturated carbocycles. The van der Waals surface area contributed by atoms with E-state index >= 15 is 0 Å². The van der Waals surface area contributed by atoms with Crippen LogP contribution in [0.2, 0.25) is 0 Å². The van der Waals surface area contributed by atoms with Crippen LogP contribution in [0.5, 0.6) is 0 Å². The molecule has 2 saturated heterocycles. The van der Waals surface area contributed by atoms with Crippen LogP contribution < -0.4 is 16.8 Å². The molecule has 0 unspecified atom stereocenters. The second-order valence-electron chi connectivity index (χ2n) is 11.8.